The summed E-state index contributed by atoms with van der Waals surface area (Å²) in [6.45, 7) is 2.33. The van der Waals surface area contributed by atoms with Crippen molar-refractivity contribution in [2.75, 3.05) is 19.5 Å². The molecule has 0 bridgehead atoms. The highest BCUT2D eigenvalue weighted by Gasteiger charge is 2.20. The van der Waals surface area contributed by atoms with Gasteiger partial charge in [0.2, 0.25) is 0 Å². The third-order valence-corrected chi connectivity index (χ3v) is 4.45. The average Bonchev–Trinajstić information content (AvgIpc) is 2.43. The molecular weight excluding hydrogens is 278 g/mol. The summed E-state index contributed by atoms with van der Waals surface area (Å²) < 4.78 is 28.4. The lowest BCUT2D eigenvalue weighted by molar-refractivity contribution is 0.171. The third kappa shape index (κ3) is 5.11. The van der Waals surface area contributed by atoms with E-state index in [-0.39, 0.29) is 11.5 Å². The molecule has 1 rings (SSSR count). The Morgan fingerprint density at radius 1 is 1.40 bits per heavy atom. The van der Waals surface area contributed by atoms with Gasteiger partial charge in [-0.25, -0.2) is 8.42 Å². The van der Waals surface area contributed by atoms with Crippen molar-refractivity contribution >= 4 is 9.84 Å². The molecule has 114 valence electrons. The summed E-state index contributed by atoms with van der Waals surface area (Å²) in [4.78, 5) is 0.243. The molecule has 0 aromatic heterocycles. The summed E-state index contributed by atoms with van der Waals surface area (Å²) in [5.74, 6) is 0.524. The molecule has 1 aromatic carbocycles. The van der Waals surface area contributed by atoms with Gasteiger partial charge in [-0.15, -0.1) is 0 Å². The molecule has 3 N–H and O–H groups in total. The minimum atomic E-state index is -3.22. The van der Waals surface area contributed by atoms with E-state index in [1.807, 2.05) is 6.92 Å². The summed E-state index contributed by atoms with van der Waals surface area (Å²) >= 11 is 0. The molecule has 0 amide bonds. The van der Waals surface area contributed by atoms with Crippen LogP contribution in [-0.2, 0) is 9.84 Å². The standard InChI is InChI=1S/C14H23NO4S/c1-3-14(15,11-16)8-5-9-19-12-6-4-7-13(10-12)20(2,17)18/h4,6-7,10,16H,3,5,8-9,11,15H2,1-2H3. The van der Waals surface area contributed by atoms with Gasteiger partial charge in [-0.05, 0) is 37.5 Å². The van der Waals surface area contributed by atoms with Crippen molar-refractivity contribution < 1.29 is 18.3 Å². The summed E-state index contributed by atoms with van der Waals surface area (Å²) in [5, 5.41) is 9.20. The quantitative estimate of drug-likeness (QED) is 0.707. The van der Waals surface area contributed by atoms with E-state index in [0.29, 0.717) is 31.6 Å². The van der Waals surface area contributed by atoms with Crippen LogP contribution >= 0.6 is 0 Å². The number of ether oxygens (including phenoxy) is 1. The molecule has 0 spiro atoms. The van der Waals surface area contributed by atoms with Crippen LogP contribution in [0.5, 0.6) is 5.75 Å². The lowest BCUT2D eigenvalue weighted by Gasteiger charge is -2.25. The molecular formula is C14H23NO4S. The topological polar surface area (TPSA) is 89.6 Å². The fourth-order valence-electron chi connectivity index (χ4n) is 1.78. The molecule has 0 fully saturated rings. The first-order chi connectivity index (χ1) is 9.30. The van der Waals surface area contributed by atoms with Crippen LogP contribution in [0, 0.1) is 0 Å². The van der Waals surface area contributed by atoms with E-state index in [4.69, 9.17) is 10.5 Å². The van der Waals surface area contributed by atoms with Gasteiger partial charge < -0.3 is 15.6 Å². The minimum absolute atomic E-state index is 0.0485. The predicted octanol–water partition coefficient (Wildman–Crippen LogP) is 1.35. The van der Waals surface area contributed by atoms with E-state index in [9.17, 15) is 13.5 Å². The van der Waals surface area contributed by atoms with Crippen molar-refractivity contribution in [3.63, 3.8) is 0 Å². The molecule has 0 radical (unpaired) electrons. The fourth-order valence-corrected chi connectivity index (χ4v) is 2.43. The van der Waals surface area contributed by atoms with Crippen LogP contribution in [0.4, 0.5) is 0 Å². The van der Waals surface area contributed by atoms with Gasteiger partial charge in [-0.1, -0.05) is 13.0 Å². The van der Waals surface area contributed by atoms with Crippen LogP contribution in [0.1, 0.15) is 26.2 Å². The first-order valence-corrected chi connectivity index (χ1v) is 8.52. The van der Waals surface area contributed by atoms with Gasteiger partial charge in [0.1, 0.15) is 5.75 Å². The summed E-state index contributed by atoms with van der Waals surface area (Å²) in [6, 6.07) is 6.42. The number of hydrogen-bond acceptors (Lipinski definition) is 5. The number of nitrogens with two attached hydrogens (primary N) is 1. The highest BCUT2D eigenvalue weighted by atomic mass is 32.2. The van der Waals surface area contributed by atoms with Crippen molar-refractivity contribution in [3.05, 3.63) is 24.3 Å². The molecule has 5 nitrogen and oxygen atoms in total. The van der Waals surface area contributed by atoms with Crippen molar-refractivity contribution in [2.45, 2.75) is 36.6 Å². The largest absolute Gasteiger partial charge is 0.494 e. The fraction of sp³-hybridized carbons (Fsp3) is 0.571. The van der Waals surface area contributed by atoms with Gasteiger partial charge in [0, 0.05) is 11.8 Å². The van der Waals surface area contributed by atoms with E-state index < -0.39 is 15.4 Å². The molecule has 0 aliphatic carbocycles. The Labute approximate surface area is 120 Å². The molecule has 20 heavy (non-hydrogen) atoms. The average molecular weight is 301 g/mol. The third-order valence-electron chi connectivity index (χ3n) is 3.34. The Balaban J connectivity index is 2.51. The number of hydrogen-bond donors (Lipinski definition) is 2. The Bertz CT molecular complexity index is 524. The molecule has 1 aromatic rings. The van der Waals surface area contributed by atoms with E-state index in [0.717, 1.165) is 6.26 Å². The molecule has 1 atom stereocenters. The predicted molar refractivity (Wildman–Crippen MR) is 78.6 cm³/mol. The van der Waals surface area contributed by atoms with Gasteiger partial charge in [-0.2, -0.15) is 0 Å². The van der Waals surface area contributed by atoms with E-state index in [1.54, 1.807) is 12.1 Å². The zero-order valence-electron chi connectivity index (χ0n) is 12.0. The van der Waals surface area contributed by atoms with Gasteiger partial charge >= 0.3 is 0 Å². The van der Waals surface area contributed by atoms with Crippen molar-refractivity contribution in [3.8, 4) is 5.75 Å². The van der Waals surface area contributed by atoms with E-state index in [2.05, 4.69) is 0 Å². The Kier molecular flexibility index (Phi) is 5.98. The van der Waals surface area contributed by atoms with E-state index in [1.165, 1.54) is 12.1 Å². The normalized spacial score (nSPS) is 14.8. The number of aliphatic hydroxyl groups is 1. The van der Waals surface area contributed by atoms with Crippen LogP contribution in [-0.4, -0.2) is 38.5 Å². The molecule has 6 heteroatoms. The lowest BCUT2D eigenvalue weighted by atomic mass is 9.93. The van der Waals surface area contributed by atoms with Gasteiger partial charge in [0.05, 0.1) is 18.1 Å². The highest BCUT2D eigenvalue weighted by Crippen LogP contribution is 2.18. The monoisotopic (exact) mass is 301 g/mol. The summed E-state index contributed by atoms with van der Waals surface area (Å²) in [6.07, 6.45) is 3.23. The van der Waals surface area contributed by atoms with Crippen LogP contribution in [0.15, 0.2) is 29.2 Å². The molecule has 0 saturated heterocycles. The molecule has 0 saturated carbocycles. The maximum absolute atomic E-state index is 11.4. The van der Waals surface area contributed by atoms with Crippen molar-refractivity contribution in [1.29, 1.82) is 0 Å². The van der Waals surface area contributed by atoms with Gasteiger partial charge in [0.25, 0.3) is 0 Å². The first-order valence-electron chi connectivity index (χ1n) is 6.63. The minimum Gasteiger partial charge on any atom is -0.494 e. The first kappa shape index (κ1) is 16.9. The number of sulfone groups is 1. The van der Waals surface area contributed by atoms with E-state index >= 15 is 0 Å². The maximum Gasteiger partial charge on any atom is 0.175 e. The summed E-state index contributed by atoms with van der Waals surface area (Å²) in [7, 11) is -3.22. The van der Waals surface area contributed by atoms with Crippen molar-refractivity contribution in [2.24, 2.45) is 5.73 Å². The lowest BCUT2D eigenvalue weighted by Crippen LogP contribution is -2.43. The molecule has 1 unspecified atom stereocenters. The maximum atomic E-state index is 11.4. The van der Waals surface area contributed by atoms with Crippen LogP contribution in [0.2, 0.25) is 0 Å². The molecule has 0 heterocycles. The smallest absolute Gasteiger partial charge is 0.175 e. The van der Waals surface area contributed by atoms with Crippen molar-refractivity contribution in [1.82, 2.24) is 0 Å². The second kappa shape index (κ2) is 7.06. The Hall–Kier alpha value is -1.11. The Morgan fingerprint density at radius 2 is 2.10 bits per heavy atom. The Morgan fingerprint density at radius 3 is 2.65 bits per heavy atom. The second-order valence-corrected chi connectivity index (χ2v) is 7.09. The zero-order valence-corrected chi connectivity index (χ0v) is 12.8. The van der Waals surface area contributed by atoms with Crippen LogP contribution < -0.4 is 10.5 Å². The van der Waals surface area contributed by atoms with Gasteiger partial charge in [0.15, 0.2) is 9.84 Å². The summed E-state index contributed by atoms with van der Waals surface area (Å²) in [5.41, 5.74) is 5.41. The van der Waals surface area contributed by atoms with Gasteiger partial charge in [-0.3, -0.25) is 0 Å². The highest BCUT2D eigenvalue weighted by molar-refractivity contribution is 7.90. The van der Waals surface area contributed by atoms with Crippen LogP contribution in [0.3, 0.4) is 0 Å². The van der Waals surface area contributed by atoms with Crippen LogP contribution in [0.25, 0.3) is 0 Å². The SMILES string of the molecule is CCC(N)(CO)CCCOc1cccc(S(C)(=O)=O)c1. The molecule has 0 aliphatic rings. The molecule has 0 aliphatic heterocycles. The number of aliphatic hydroxyl groups excluding tert-OH is 1. The second-order valence-electron chi connectivity index (χ2n) is 5.07. The number of rotatable bonds is 8. The zero-order chi connectivity index (χ0) is 15.2. The number of benzene rings is 1.